The van der Waals surface area contributed by atoms with Gasteiger partial charge in [0.25, 0.3) is 0 Å². The van der Waals surface area contributed by atoms with Crippen LogP contribution in [0.1, 0.15) is 71.5 Å². The number of cyclic esters (lactones) is 1. The lowest BCUT2D eigenvalue weighted by Gasteiger charge is -2.34. The summed E-state index contributed by atoms with van der Waals surface area (Å²) in [5.74, 6) is -1.77. The summed E-state index contributed by atoms with van der Waals surface area (Å²) in [5.41, 5.74) is 1.57. The van der Waals surface area contributed by atoms with Gasteiger partial charge in [-0.15, -0.1) is 11.3 Å². The summed E-state index contributed by atoms with van der Waals surface area (Å²) in [5, 5.41) is 24.4. The van der Waals surface area contributed by atoms with Crippen LogP contribution in [0, 0.1) is 24.2 Å². The van der Waals surface area contributed by atoms with Gasteiger partial charge in [0.2, 0.25) is 0 Å². The van der Waals surface area contributed by atoms with E-state index in [0.717, 1.165) is 21.8 Å². The molecular weight excluding hydrogens is 450 g/mol. The summed E-state index contributed by atoms with van der Waals surface area (Å²) >= 11 is 1.56. The monoisotopic (exact) mass is 489 g/mol. The number of esters is 1. The predicted molar refractivity (Wildman–Crippen MR) is 136 cm³/mol. The van der Waals surface area contributed by atoms with Crippen LogP contribution in [0.25, 0.3) is 6.08 Å². The molecule has 0 saturated heterocycles. The van der Waals surface area contributed by atoms with E-state index < -0.39 is 35.6 Å². The largest absolute Gasteiger partial charge is 0.457 e. The van der Waals surface area contributed by atoms with Crippen LogP contribution in [0.4, 0.5) is 0 Å². The minimum atomic E-state index is -1.23. The first-order chi connectivity index (χ1) is 15.8. The predicted octanol–water partition coefficient (Wildman–Crippen LogP) is 5.04. The maximum absolute atomic E-state index is 13.1. The van der Waals surface area contributed by atoms with Gasteiger partial charge in [0, 0.05) is 23.6 Å². The Balaban J connectivity index is 2.37. The van der Waals surface area contributed by atoms with Crippen molar-refractivity contribution in [2.75, 3.05) is 0 Å². The molecule has 34 heavy (non-hydrogen) atoms. The first-order valence-electron chi connectivity index (χ1n) is 11.9. The van der Waals surface area contributed by atoms with Gasteiger partial charge < -0.3 is 14.9 Å². The lowest BCUT2D eigenvalue weighted by Crippen LogP contribution is -2.45. The van der Waals surface area contributed by atoms with E-state index in [1.165, 1.54) is 0 Å². The number of ether oxygens (including phenoxy) is 1. The van der Waals surface area contributed by atoms with Gasteiger partial charge in [-0.1, -0.05) is 51.5 Å². The molecule has 1 aliphatic heterocycles. The van der Waals surface area contributed by atoms with Crippen molar-refractivity contribution < 1.29 is 24.5 Å². The number of thiazole rings is 1. The topological polar surface area (TPSA) is 96.7 Å². The highest BCUT2D eigenvalue weighted by molar-refractivity contribution is 7.09. The molecule has 188 valence electrons. The lowest BCUT2D eigenvalue weighted by molar-refractivity contribution is -0.154. The van der Waals surface area contributed by atoms with E-state index in [1.54, 1.807) is 32.1 Å². The number of Topliss-reactive ketones (excluding diaryl/α,β-unsaturated/α-hetero) is 1. The molecule has 2 N–H and O–H groups in total. The first-order valence-corrected chi connectivity index (χ1v) is 12.7. The van der Waals surface area contributed by atoms with Crippen molar-refractivity contribution in [3.63, 3.8) is 0 Å². The molecule has 0 spiro atoms. The minimum absolute atomic E-state index is 0.225. The number of allylic oxidation sites excluding steroid dienone is 2. The number of nitrogens with zero attached hydrogens (tertiary/aromatic N) is 1. The molecule has 0 amide bonds. The Bertz CT molecular complexity index is 958. The molecule has 0 saturated carbocycles. The molecule has 6 nitrogen and oxygen atoms in total. The molecule has 2 rings (SSSR count). The quantitative estimate of drug-likeness (QED) is 0.446. The van der Waals surface area contributed by atoms with Crippen molar-refractivity contribution in [1.29, 1.82) is 0 Å². The second-order valence-corrected chi connectivity index (χ2v) is 11.1. The molecule has 4 unspecified atom stereocenters. The number of aryl methyl sites for hydroxylation is 1. The molecule has 2 heterocycles. The average Bonchev–Trinajstić information content (AvgIpc) is 3.18. The Hall–Kier alpha value is -2.09. The number of carbonyl (C=O) groups excluding carboxylic acids is 2. The van der Waals surface area contributed by atoms with Gasteiger partial charge in [-0.25, -0.2) is 4.98 Å². The van der Waals surface area contributed by atoms with E-state index in [2.05, 4.69) is 4.98 Å². The van der Waals surface area contributed by atoms with E-state index >= 15 is 0 Å². The number of aromatic nitrogens is 1. The second-order valence-electron chi connectivity index (χ2n) is 10.0. The summed E-state index contributed by atoms with van der Waals surface area (Å²) < 4.78 is 5.79. The van der Waals surface area contributed by atoms with Gasteiger partial charge in [0.15, 0.2) is 0 Å². The molecule has 1 aliphatic rings. The molecule has 1 aromatic rings. The van der Waals surface area contributed by atoms with Gasteiger partial charge in [-0.2, -0.15) is 0 Å². The summed E-state index contributed by atoms with van der Waals surface area (Å²) in [6, 6.07) is 0. The van der Waals surface area contributed by atoms with E-state index in [9.17, 15) is 19.8 Å². The fourth-order valence-electron chi connectivity index (χ4n) is 4.05. The number of aliphatic hydroxyl groups is 2. The van der Waals surface area contributed by atoms with Crippen molar-refractivity contribution in [2.45, 2.75) is 86.0 Å². The average molecular weight is 490 g/mol. The summed E-state index contributed by atoms with van der Waals surface area (Å²) in [6.45, 7) is 12.6. The third-order valence-electron chi connectivity index (χ3n) is 6.65. The number of carbonyl (C=O) groups is 2. The third-order valence-corrected chi connectivity index (χ3v) is 7.44. The van der Waals surface area contributed by atoms with Crippen LogP contribution in [0.15, 0.2) is 34.8 Å². The highest BCUT2D eigenvalue weighted by atomic mass is 32.1. The molecule has 7 heteroatoms. The van der Waals surface area contributed by atoms with Crippen LogP contribution < -0.4 is 0 Å². The van der Waals surface area contributed by atoms with Crippen LogP contribution >= 0.6 is 11.3 Å². The normalized spacial score (nSPS) is 32.6. The lowest BCUT2D eigenvalue weighted by atomic mass is 9.73. The van der Waals surface area contributed by atoms with E-state index in [1.807, 2.05) is 57.4 Å². The molecule has 0 radical (unpaired) electrons. The molecule has 1 aromatic heterocycles. The number of hydrogen-bond acceptors (Lipinski definition) is 7. The molecule has 5 atom stereocenters. The fourth-order valence-corrected chi connectivity index (χ4v) is 4.62. The van der Waals surface area contributed by atoms with Crippen LogP contribution in [0.5, 0.6) is 0 Å². The van der Waals surface area contributed by atoms with Crippen LogP contribution in [-0.2, 0) is 14.3 Å². The number of hydrogen-bond donors (Lipinski definition) is 2. The van der Waals surface area contributed by atoms with Gasteiger partial charge in [-0.3, -0.25) is 9.59 Å². The highest BCUT2D eigenvalue weighted by Crippen LogP contribution is 2.31. The van der Waals surface area contributed by atoms with Crippen molar-refractivity contribution in [1.82, 2.24) is 4.98 Å². The van der Waals surface area contributed by atoms with Gasteiger partial charge in [-0.05, 0) is 38.8 Å². The zero-order chi connectivity index (χ0) is 25.6. The zero-order valence-electron chi connectivity index (χ0n) is 21.4. The van der Waals surface area contributed by atoms with E-state index in [-0.39, 0.29) is 18.1 Å². The fraction of sp³-hybridized carbons (Fsp3) is 0.593. The van der Waals surface area contributed by atoms with Crippen molar-refractivity contribution in [2.24, 2.45) is 17.3 Å². The molecule has 0 aliphatic carbocycles. The Morgan fingerprint density at radius 1 is 1.24 bits per heavy atom. The SMILES string of the molecule is C/C1=C/C[C@@H](/C(C)=C/c2csc(C)n2)OC(=O)CC(O)C(C)(C)C(=O)C(C)C(O)C(C)/C=C\C1. The van der Waals surface area contributed by atoms with E-state index in [0.29, 0.717) is 12.8 Å². The van der Waals surface area contributed by atoms with Crippen LogP contribution in [0.2, 0.25) is 0 Å². The molecular formula is C27H39NO5S. The zero-order valence-corrected chi connectivity index (χ0v) is 22.2. The van der Waals surface area contributed by atoms with Gasteiger partial charge >= 0.3 is 5.97 Å². The number of ketones is 1. The standard InChI is InChI=1S/C27H39NO5S/c1-16-9-8-10-17(2)25(31)19(4)26(32)27(6,7)23(29)14-24(30)33-22(12-11-16)18(3)13-21-15-34-20(5)28-21/h8,10-11,13,15,17,19,22-23,25,29,31H,9,12,14H2,1-7H3/b10-8-,16-11-,18-13+/t17?,19?,22-,23?,25?/m0/s1. The Morgan fingerprint density at radius 2 is 1.91 bits per heavy atom. The Labute approximate surface area is 207 Å². The van der Waals surface area contributed by atoms with E-state index in [4.69, 9.17) is 4.74 Å². The highest BCUT2D eigenvalue weighted by Gasteiger charge is 2.42. The Kier molecular flexibility index (Phi) is 9.97. The Morgan fingerprint density at radius 3 is 2.53 bits per heavy atom. The number of aliphatic hydroxyl groups excluding tert-OH is 2. The summed E-state index contributed by atoms with van der Waals surface area (Å²) in [6.07, 6.45) is 6.13. The first kappa shape index (κ1) is 28.1. The maximum Gasteiger partial charge on any atom is 0.309 e. The van der Waals surface area contributed by atoms with Crippen LogP contribution in [-0.4, -0.2) is 45.3 Å². The molecule has 0 fully saturated rings. The third kappa shape index (κ3) is 7.45. The molecule has 0 bridgehead atoms. The smallest absolute Gasteiger partial charge is 0.309 e. The van der Waals surface area contributed by atoms with Crippen molar-refractivity contribution >= 4 is 29.2 Å². The minimum Gasteiger partial charge on any atom is -0.457 e. The summed E-state index contributed by atoms with van der Waals surface area (Å²) in [4.78, 5) is 30.4. The van der Waals surface area contributed by atoms with Crippen LogP contribution in [0.3, 0.4) is 0 Å². The van der Waals surface area contributed by atoms with Crippen molar-refractivity contribution in [3.05, 3.63) is 45.5 Å². The molecule has 0 aromatic carbocycles. The maximum atomic E-state index is 13.1. The van der Waals surface area contributed by atoms with Gasteiger partial charge in [0.05, 0.1) is 34.7 Å². The summed E-state index contributed by atoms with van der Waals surface area (Å²) in [7, 11) is 0. The second kappa shape index (κ2) is 12.0. The van der Waals surface area contributed by atoms with Gasteiger partial charge in [0.1, 0.15) is 11.9 Å². The van der Waals surface area contributed by atoms with Crippen molar-refractivity contribution in [3.8, 4) is 0 Å². The number of rotatable bonds is 2.